The molecule has 4 heteroatoms. The summed E-state index contributed by atoms with van der Waals surface area (Å²) < 4.78 is 4.63. The Morgan fingerprint density at radius 3 is 2.45 bits per heavy atom. The van der Waals surface area contributed by atoms with E-state index >= 15 is 0 Å². The van der Waals surface area contributed by atoms with Crippen LogP contribution in [0, 0.1) is 13.8 Å². The Labute approximate surface area is 120 Å². The Bertz CT molecular complexity index is 483. The van der Waals surface area contributed by atoms with Crippen LogP contribution in [0.5, 0.6) is 0 Å². The van der Waals surface area contributed by atoms with Crippen LogP contribution in [0.4, 0.5) is 0 Å². The van der Waals surface area contributed by atoms with Crippen molar-refractivity contribution >= 4 is 11.9 Å². The number of hydrogen-bond donors (Lipinski definition) is 0. The number of hydrogen-bond acceptors (Lipinski definition) is 3. The minimum Gasteiger partial charge on any atom is -0.468 e. The van der Waals surface area contributed by atoms with Gasteiger partial charge in [-0.15, -0.1) is 0 Å². The molecule has 1 rings (SSSR count). The molecule has 1 aromatic carbocycles. The molecule has 110 valence electrons. The van der Waals surface area contributed by atoms with Crippen LogP contribution in [0.25, 0.3) is 0 Å². The first-order valence-corrected chi connectivity index (χ1v) is 6.88. The number of ether oxygens (including phenoxy) is 1. The van der Waals surface area contributed by atoms with Gasteiger partial charge in [0.05, 0.1) is 13.5 Å². The summed E-state index contributed by atoms with van der Waals surface area (Å²) in [7, 11) is 1.33. The summed E-state index contributed by atoms with van der Waals surface area (Å²) in [5.41, 5.74) is 3.36. The van der Waals surface area contributed by atoms with Crippen LogP contribution in [0.3, 0.4) is 0 Å². The van der Waals surface area contributed by atoms with Crippen molar-refractivity contribution in [2.75, 3.05) is 20.2 Å². The third-order valence-corrected chi connectivity index (χ3v) is 3.32. The van der Waals surface area contributed by atoms with Crippen molar-refractivity contribution in [2.24, 2.45) is 0 Å². The maximum atomic E-state index is 12.3. The SMILES string of the molecule is CCCN(CC(=O)OC)C(=O)Cc1ccc(C)c(C)c1. The van der Waals surface area contributed by atoms with Crippen molar-refractivity contribution < 1.29 is 14.3 Å². The van der Waals surface area contributed by atoms with E-state index in [1.54, 1.807) is 4.90 Å². The van der Waals surface area contributed by atoms with E-state index in [2.05, 4.69) is 4.74 Å². The van der Waals surface area contributed by atoms with Gasteiger partial charge < -0.3 is 9.64 Å². The van der Waals surface area contributed by atoms with E-state index < -0.39 is 0 Å². The number of methoxy groups -OCH3 is 1. The smallest absolute Gasteiger partial charge is 0.325 e. The highest BCUT2D eigenvalue weighted by Crippen LogP contribution is 2.11. The molecule has 20 heavy (non-hydrogen) atoms. The van der Waals surface area contributed by atoms with E-state index in [0.717, 1.165) is 12.0 Å². The second kappa shape index (κ2) is 7.68. The zero-order valence-corrected chi connectivity index (χ0v) is 12.7. The monoisotopic (exact) mass is 277 g/mol. The van der Waals surface area contributed by atoms with Crippen LogP contribution < -0.4 is 0 Å². The molecule has 0 aliphatic carbocycles. The highest BCUT2D eigenvalue weighted by Gasteiger charge is 2.17. The minimum absolute atomic E-state index is 0.0218. The highest BCUT2D eigenvalue weighted by molar-refractivity contribution is 5.83. The molecule has 4 nitrogen and oxygen atoms in total. The maximum Gasteiger partial charge on any atom is 0.325 e. The zero-order valence-electron chi connectivity index (χ0n) is 12.7. The van der Waals surface area contributed by atoms with Crippen molar-refractivity contribution in [1.82, 2.24) is 4.90 Å². The van der Waals surface area contributed by atoms with E-state index in [4.69, 9.17) is 0 Å². The van der Waals surface area contributed by atoms with Crippen molar-refractivity contribution in [1.29, 1.82) is 0 Å². The number of nitrogens with zero attached hydrogens (tertiary/aromatic N) is 1. The second-order valence-electron chi connectivity index (χ2n) is 4.99. The van der Waals surface area contributed by atoms with Gasteiger partial charge in [-0.05, 0) is 37.0 Å². The Morgan fingerprint density at radius 1 is 1.20 bits per heavy atom. The van der Waals surface area contributed by atoms with Gasteiger partial charge in [0.2, 0.25) is 5.91 Å². The first-order chi connectivity index (χ1) is 9.47. The van der Waals surface area contributed by atoms with Gasteiger partial charge in [0.15, 0.2) is 0 Å². The number of benzene rings is 1. The summed E-state index contributed by atoms with van der Waals surface area (Å²) in [5, 5.41) is 0. The highest BCUT2D eigenvalue weighted by atomic mass is 16.5. The molecular weight excluding hydrogens is 254 g/mol. The fourth-order valence-corrected chi connectivity index (χ4v) is 1.98. The molecule has 0 bridgehead atoms. The number of aryl methyl sites for hydroxylation is 2. The number of esters is 1. The molecule has 0 radical (unpaired) electrons. The number of amides is 1. The van der Waals surface area contributed by atoms with Crippen LogP contribution in [-0.2, 0) is 20.7 Å². The first kappa shape index (κ1) is 16.2. The molecule has 0 heterocycles. The van der Waals surface area contributed by atoms with Gasteiger partial charge in [-0.25, -0.2) is 0 Å². The van der Waals surface area contributed by atoms with Gasteiger partial charge in [-0.2, -0.15) is 0 Å². The Kier molecular flexibility index (Phi) is 6.22. The third kappa shape index (κ3) is 4.68. The lowest BCUT2D eigenvalue weighted by Crippen LogP contribution is -2.37. The van der Waals surface area contributed by atoms with Crippen LogP contribution in [0.15, 0.2) is 18.2 Å². The Morgan fingerprint density at radius 2 is 1.90 bits per heavy atom. The fourth-order valence-electron chi connectivity index (χ4n) is 1.98. The molecule has 0 aliphatic rings. The van der Waals surface area contributed by atoms with E-state index in [1.165, 1.54) is 18.2 Å². The summed E-state index contributed by atoms with van der Waals surface area (Å²) in [6.07, 6.45) is 1.13. The van der Waals surface area contributed by atoms with Crippen LogP contribution in [0.1, 0.15) is 30.0 Å². The maximum absolute atomic E-state index is 12.3. The average molecular weight is 277 g/mol. The van der Waals surface area contributed by atoms with Crippen LogP contribution in [0.2, 0.25) is 0 Å². The molecule has 0 N–H and O–H groups in total. The molecule has 0 saturated heterocycles. The first-order valence-electron chi connectivity index (χ1n) is 6.88. The summed E-state index contributed by atoms with van der Waals surface area (Å²) >= 11 is 0. The van der Waals surface area contributed by atoms with Crippen LogP contribution >= 0.6 is 0 Å². The van der Waals surface area contributed by atoms with E-state index in [1.807, 2.05) is 39.0 Å². The predicted octanol–water partition coefficient (Wildman–Crippen LogP) is 2.26. The van der Waals surface area contributed by atoms with Crippen molar-refractivity contribution in [2.45, 2.75) is 33.6 Å². The van der Waals surface area contributed by atoms with Crippen molar-refractivity contribution in [3.63, 3.8) is 0 Å². The second-order valence-corrected chi connectivity index (χ2v) is 4.99. The molecule has 0 fully saturated rings. The normalized spacial score (nSPS) is 10.2. The zero-order chi connectivity index (χ0) is 15.1. The number of carbonyl (C=O) groups is 2. The van der Waals surface area contributed by atoms with Crippen molar-refractivity contribution in [3.8, 4) is 0 Å². The van der Waals surface area contributed by atoms with E-state index in [-0.39, 0.29) is 18.4 Å². The minimum atomic E-state index is -0.383. The van der Waals surface area contributed by atoms with E-state index in [9.17, 15) is 9.59 Å². The lowest BCUT2D eigenvalue weighted by atomic mass is 10.0. The molecule has 0 aromatic heterocycles. The summed E-state index contributed by atoms with van der Waals surface area (Å²) in [4.78, 5) is 25.2. The lowest BCUT2D eigenvalue weighted by Gasteiger charge is -2.21. The predicted molar refractivity (Wildman–Crippen MR) is 78.5 cm³/mol. The quantitative estimate of drug-likeness (QED) is 0.749. The summed E-state index contributed by atoms with van der Waals surface area (Å²) in [6, 6.07) is 6.00. The van der Waals surface area contributed by atoms with Crippen molar-refractivity contribution in [3.05, 3.63) is 34.9 Å². The van der Waals surface area contributed by atoms with Gasteiger partial charge >= 0.3 is 5.97 Å². The summed E-state index contributed by atoms with van der Waals surface area (Å²) in [5.74, 6) is -0.424. The van der Waals surface area contributed by atoms with Gasteiger partial charge in [0, 0.05) is 6.54 Å². The molecular formula is C16H23NO3. The number of rotatable bonds is 6. The van der Waals surface area contributed by atoms with Crippen LogP contribution in [-0.4, -0.2) is 37.0 Å². The number of carbonyl (C=O) groups excluding carboxylic acids is 2. The Hall–Kier alpha value is -1.84. The fraction of sp³-hybridized carbons (Fsp3) is 0.500. The molecule has 1 aromatic rings. The lowest BCUT2D eigenvalue weighted by molar-refractivity contribution is -0.146. The molecule has 1 amide bonds. The largest absolute Gasteiger partial charge is 0.468 e. The van der Waals surface area contributed by atoms with Gasteiger partial charge in [-0.3, -0.25) is 9.59 Å². The third-order valence-electron chi connectivity index (χ3n) is 3.32. The average Bonchev–Trinajstić information content (AvgIpc) is 2.42. The molecule has 0 spiro atoms. The van der Waals surface area contributed by atoms with Gasteiger partial charge in [-0.1, -0.05) is 25.1 Å². The van der Waals surface area contributed by atoms with Gasteiger partial charge in [0.25, 0.3) is 0 Å². The standard InChI is InChI=1S/C16H23NO3/c1-5-8-17(11-16(19)20-4)15(18)10-14-7-6-12(2)13(3)9-14/h6-7,9H,5,8,10-11H2,1-4H3. The molecule has 0 saturated carbocycles. The summed E-state index contributed by atoms with van der Waals surface area (Å²) in [6.45, 7) is 6.64. The molecule has 0 unspecified atom stereocenters. The Balaban J connectivity index is 2.74. The van der Waals surface area contributed by atoms with Gasteiger partial charge in [0.1, 0.15) is 6.54 Å². The molecule has 0 atom stereocenters. The topological polar surface area (TPSA) is 46.6 Å². The van der Waals surface area contributed by atoms with E-state index in [0.29, 0.717) is 13.0 Å². The molecule has 0 aliphatic heterocycles.